The van der Waals surface area contributed by atoms with Gasteiger partial charge >= 0.3 is 0 Å². The molecule has 1 N–H and O–H groups in total. The maximum atomic E-state index is 12.8. The minimum Gasteiger partial charge on any atom is -0.495 e. The SMILES string of the molecule is COc1ccc([N+](=O)[O-])cc1S(=O)(=O)NCc1ccccc1CN1CCOCC1. The zero-order valence-electron chi connectivity index (χ0n) is 16.0. The highest BCUT2D eigenvalue weighted by Crippen LogP contribution is 2.28. The van der Waals surface area contributed by atoms with Crippen molar-refractivity contribution in [2.75, 3.05) is 33.4 Å². The van der Waals surface area contributed by atoms with E-state index in [-0.39, 0.29) is 22.9 Å². The molecule has 0 aromatic heterocycles. The summed E-state index contributed by atoms with van der Waals surface area (Å²) >= 11 is 0. The van der Waals surface area contributed by atoms with Crippen LogP contribution in [0.2, 0.25) is 0 Å². The van der Waals surface area contributed by atoms with Crippen molar-refractivity contribution in [3.8, 4) is 5.75 Å². The normalized spacial score (nSPS) is 15.2. The fourth-order valence-corrected chi connectivity index (χ4v) is 4.32. The molecule has 1 aliphatic heterocycles. The van der Waals surface area contributed by atoms with Crippen LogP contribution in [0.5, 0.6) is 5.75 Å². The van der Waals surface area contributed by atoms with Crippen LogP contribution in [0.4, 0.5) is 5.69 Å². The van der Waals surface area contributed by atoms with Crippen molar-refractivity contribution in [1.29, 1.82) is 0 Å². The lowest BCUT2D eigenvalue weighted by molar-refractivity contribution is -0.385. The van der Waals surface area contributed by atoms with Crippen LogP contribution in [0.3, 0.4) is 0 Å². The number of benzene rings is 2. The number of non-ortho nitro benzene ring substituents is 1. The Balaban J connectivity index is 1.79. The number of sulfonamides is 1. The Labute approximate surface area is 169 Å². The number of nitro benzene ring substituents is 1. The van der Waals surface area contributed by atoms with Crippen molar-refractivity contribution in [1.82, 2.24) is 9.62 Å². The van der Waals surface area contributed by atoms with Gasteiger partial charge in [-0.05, 0) is 17.2 Å². The molecule has 10 heteroatoms. The van der Waals surface area contributed by atoms with E-state index in [9.17, 15) is 18.5 Å². The zero-order valence-corrected chi connectivity index (χ0v) is 16.9. The van der Waals surface area contributed by atoms with Gasteiger partial charge in [-0.2, -0.15) is 0 Å². The van der Waals surface area contributed by atoms with Gasteiger partial charge in [0.2, 0.25) is 10.0 Å². The molecule has 0 radical (unpaired) electrons. The van der Waals surface area contributed by atoms with E-state index in [0.29, 0.717) is 19.8 Å². The maximum Gasteiger partial charge on any atom is 0.271 e. The first-order valence-corrected chi connectivity index (χ1v) is 10.6. The predicted molar refractivity (Wildman–Crippen MR) is 106 cm³/mol. The van der Waals surface area contributed by atoms with E-state index in [1.54, 1.807) is 0 Å². The Hall–Kier alpha value is -2.53. The Morgan fingerprint density at radius 3 is 2.52 bits per heavy atom. The fourth-order valence-electron chi connectivity index (χ4n) is 3.12. The van der Waals surface area contributed by atoms with Crippen LogP contribution in [0.1, 0.15) is 11.1 Å². The summed E-state index contributed by atoms with van der Waals surface area (Å²) in [7, 11) is -2.70. The largest absolute Gasteiger partial charge is 0.495 e. The Morgan fingerprint density at radius 1 is 1.17 bits per heavy atom. The third-order valence-electron chi connectivity index (χ3n) is 4.72. The minimum atomic E-state index is -4.02. The molecule has 0 bridgehead atoms. The third-order valence-corrected chi connectivity index (χ3v) is 6.14. The van der Waals surface area contributed by atoms with Gasteiger partial charge in [0.1, 0.15) is 10.6 Å². The number of methoxy groups -OCH3 is 1. The molecule has 0 amide bonds. The smallest absolute Gasteiger partial charge is 0.271 e. The van der Waals surface area contributed by atoms with Crippen LogP contribution >= 0.6 is 0 Å². The molecule has 2 aromatic carbocycles. The van der Waals surface area contributed by atoms with Gasteiger partial charge in [0, 0.05) is 38.3 Å². The molecule has 1 aliphatic rings. The first-order chi connectivity index (χ1) is 13.9. The summed E-state index contributed by atoms with van der Waals surface area (Å²) in [6.07, 6.45) is 0. The van der Waals surface area contributed by atoms with Crippen molar-refractivity contribution in [3.63, 3.8) is 0 Å². The third kappa shape index (κ3) is 5.30. The molecule has 156 valence electrons. The minimum absolute atomic E-state index is 0.0460. The number of morpholine rings is 1. The molecule has 0 spiro atoms. The number of nitrogens with zero attached hydrogens (tertiary/aromatic N) is 2. The molecule has 9 nitrogen and oxygen atoms in total. The second-order valence-electron chi connectivity index (χ2n) is 6.57. The van der Waals surface area contributed by atoms with E-state index >= 15 is 0 Å². The number of nitro groups is 1. The average molecular weight is 421 g/mol. The molecule has 1 heterocycles. The molecule has 0 unspecified atom stereocenters. The molecular formula is C19H23N3O6S. The second-order valence-corrected chi connectivity index (χ2v) is 8.31. The lowest BCUT2D eigenvalue weighted by Crippen LogP contribution is -2.36. The van der Waals surface area contributed by atoms with Gasteiger partial charge in [0.25, 0.3) is 5.69 Å². The molecule has 29 heavy (non-hydrogen) atoms. The van der Waals surface area contributed by atoms with Crippen molar-refractivity contribution >= 4 is 15.7 Å². The first kappa shape index (κ1) is 21.2. The quantitative estimate of drug-likeness (QED) is 0.512. The summed E-state index contributed by atoms with van der Waals surface area (Å²) in [5.41, 5.74) is 1.54. The number of nitrogens with one attached hydrogen (secondary N) is 1. The summed E-state index contributed by atoms with van der Waals surface area (Å²) in [6.45, 7) is 3.77. The zero-order chi connectivity index (χ0) is 20.9. The molecule has 0 atom stereocenters. The van der Waals surface area contributed by atoms with Gasteiger partial charge in [-0.1, -0.05) is 24.3 Å². The van der Waals surface area contributed by atoms with Crippen LogP contribution in [0.15, 0.2) is 47.4 Å². The summed E-state index contributed by atoms with van der Waals surface area (Å²) in [6, 6.07) is 11.1. The van der Waals surface area contributed by atoms with Gasteiger partial charge < -0.3 is 9.47 Å². The van der Waals surface area contributed by atoms with E-state index < -0.39 is 14.9 Å². The van der Waals surface area contributed by atoms with E-state index in [0.717, 1.165) is 30.3 Å². The Morgan fingerprint density at radius 2 is 1.86 bits per heavy atom. The molecular weight excluding hydrogens is 398 g/mol. The highest BCUT2D eigenvalue weighted by atomic mass is 32.2. The molecule has 2 aromatic rings. The van der Waals surface area contributed by atoms with Gasteiger partial charge in [-0.15, -0.1) is 0 Å². The molecule has 3 rings (SSSR count). The summed E-state index contributed by atoms with van der Waals surface area (Å²) in [5.74, 6) is 0.0460. The molecule has 1 fully saturated rings. The van der Waals surface area contributed by atoms with E-state index in [1.807, 2.05) is 24.3 Å². The average Bonchev–Trinajstić information content (AvgIpc) is 2.73. The Bertz CT molecular complexity index is 974. The lowest BCUT2D eigenvalue weighted by atomic mass is 10.1. The van der Waals surface area contributed by atoms with Crippen LogP contribution in [-0.2, 0) is 27.8 Å². The van der Waals surface area contributed by atoms with Crippen molar-refractivity contribution in [2.45, 2.75) is 18.0 Å². The van der Waals surface area contributed by atoms with Crippen molar-refractivity contribution < 1.29 is 22.8 Å². The van der Waals surface area contributed by atoms with Gasteiger partial charge in [-0.25, -0.2) is 13.1 Å². The van der Waals surface area contributed by atoms with Crippen molar-refractivity contribution in [3.05, 3.63) is 63.7 Å². The summed E-state index contributed by atoms with van der Waals surface area (Å²) < 4.78 is 38.6. The standard InChI is InChI=1S/C19H23N3O6S/c1-27-18-7-6-17(22(23)24)12-19(18)29(25,26)20-13-15-4-2-3-5-16(15)14-21-8-10-28-11-9-21/h2-7,12,20H,8-11,13-14H2,1H3. The van der Waals surface area contributed by atoms with E-state index in [4.69, 9.17) is 9.47 Å². The number of hydrogen-bond donors (Lipinski definition) is 1. The van der Waals surface area contributed by atoms with Crippen LogP contribution in [0.25, 0.3) is 0 Å². The van der Waals surface area contributed by atoms with Gasteiger partial charge in [0.15, 0.2) is 0 Å². The van der Waals surface area contributed by atoms with Gasteiger partial charge in [-0.3, -0.25) is 15.0 Å². The summed E-state index contributed by atoms with van der Waals surface area (Å²) in [4.78, 5) is 12.4. The number of ether oxygens (including phenoxy) is 2. The Kier molecular flexibility index (Phi) is 6.80. The second kappa shape index (κ2) is 9.31. The molecule has 1 saturated heterocycles. The van der Waals surface area contributed by atoms with Crippen molar-refractivity contribution in [2.24, 2.45) is 0 Å². The number of rotatable bonds is 8. The topological polar surface area (TPSA) is 111 Å². The molecule has 0 aliphatic carbocycles. The van der Waals surface area contributed by atoms with Gasteiger partial charge in [0.05, 0.1) is 25.2 Å². The van der Waals surface area contributed by atoms with Crippen LogP contribution < -0.4 is 9.46 Å². The van der Waals surface area contributed by atoms with Crippen LogP contribution in [-0.4, -0.2) is 51.7 Å². The first-order valence-electron chi connectivity index (χ1n) is 9.09. The van der Waals surface area contributed by atoms with E-state index in [2.05, 4.69) is 9.62 Å². The monoisotopic (exact) mass is 421 g/mol. The van der Waals surface area contributed by atoms with Crippen LogP contribution in [0, 0.1) is 10.1 Å². The lowest BCUT2D eigenvalue weighted by Gasteiger charge is -2.27. The molecule has 0 saturated carbocycles. The maximum absolute atomic E-state index is 12.8. The predicted octanol–water partition coefficient (Wildman–Crippen LogP) is 1.91. The summed E-state index contributed by atoms with van der Waals surface area (Å²) in [5, 5.41) is 11.0. The highest BCUT2D eigenvalue weighted by Gasteiger charge is 2.23. The number of hydrogen-bond acceptors (Lipinski definition) is 7. The fraction of sp³-hybridized carbons (Fsp3) is 0.368. The van der Waals surface area contributed by atoms with E-state index in [1.165, 1.54) is 19.2 Å². The highest BCUT2D eigenvalue weighted by molar-refractivity contribution is 7.89.